The molecular formula is C13H16ClFN2O3S. The maximum absolute atomic E-state index is 13.9. The normalized spacial score (nSPS) is 20.2. The first-order valence-corrected chi connectivity index (χ1v) is 8.38. The molecule has 1 aromatic rings. The van der Waals surface area contributed by atoms with Gasteiger partial charge in [0.05, 0.1) is 0 Å². The molecule has 0 saturated carbocycles. The Morgan fingerprint density at radius 2 is 2.14 bits per heavy atom. The molecule has 1 amide bonds. The van der Waals surface area contributed by atoms with E-state index >= 15 is 0 Å². The summed E-state index contributed by atoms with van der Waals surface area (Å²) in [5.74, 6) is -1.30. The van der Waals surface area contributed by atoms with E-state index in [1.54, 1.807) is 0 Å². The number of nitrogens with zero attached hydrogens (tertiary/aromatic N) is 1. The number of sulfonamides is 1. The van der Waals surface area contributed by atoms with Crippen LogP contribution < -0.4 is 5.32 Å². The summed E-state index contributed by atoms with van der Waals surface area (Å²) in [7, 11) is -2.63. The number of carbonyl (C=O) groups is 1. The van der Waals surface area contributed by atoms with Crippen LogP contribution >= 0.6 is 11.6 Å². The third-order valence-corrected chi connectivity index (χ3v) is 5.66. The number of nitrogens with one attached hydrogen (secondary N) is 1. The van der Waals surface area contributed by atoms with Crippen molar-refractivity contribution >= 4 is 27.5 Å². The molecule has 1 heterocycles. The zero-order valence-corrected chi connectivity index (χ0v) is 13.0. The van der Waals surface area contributed by atoms with Crippen molar-refractivity contribution in [3.05, 3.63) is 29.0 Å². The molecule has 8 heteroatoms. The van der Waals surface area contributed by atoms with Crippen molar-refractivity contribution in [2.24, 2.45) is 0 Å². The van der Waals surface area contributed by atoms with E-state index in [0.29, 0.717) is 12.8 Å². The van der Waals surface area contributed by atoms with E-state index in [1.165, 1.54) is 13.1 Å². The Labute approximate surface area is 128 Å². The fourth-order valence-electron chi connectivity index (χ4n) is 2.43. The van der Waals surface area contributed by atoms with Crippen molar-refractivity contribution in [1.29, 1.82) is 0 Å². The van der Waals surface area contributed by atoms with Crippen LogP contribution in [-0.4, -0.2) is 38.3 Å². The van der Waals surface area contributed by atoms with E-state index in [9.17, 15) is 17.6 Å². The van der Waals surface area contributed by atoms with Crippen LogP contribution in [0.2, 0.25) is 5.02 Å². The Morgan fingerprint density at radius 1 is 1.43 bits per heavy atom. The minimum Gasteiger partial charge on any atom is -0.358 e. The maximum atomic E-state index is 13.9. The van der Waals surface area contributed by atoms with Gasteiger partial charge in [0.15, 0.2) is 0 Å². The average molecular weight is 335 g/mol. The van der Waals surface area contributed by atoms with Gasteiger partial charge in [0.25, 0.3) is 0 Å². The lowest BCUT2D eigenvalue weighted by molar-refractivity contribution is -0.125. The van der Waals surface area contributed by atoms with Crippen LogP contribution in [0.15, 0.2) is 23.1 Å². The second-order valence-corrected chi connectivity index (χ2v) is 7.11. The van der Waals surface area contributed by atoms with Crippen molar-refractivity contribution in [2.75, 3.05) is 13.6 Å². The molecule has 1 aliphatic heterocycles. The first kappa shape index (κ1) is 16.2. The Hall–Kier alpha value is -1.18. The molecule has 21 heavy (non-hydrogen) atoms. The molecule has 0 unspecified atom stereocenters. The summed E-state index contributed by atoms with van der Waals surface area (Å²) in [5.41, 5.74) is 0. The van der Waals surface area contributed by atoms with Crippen LogP contribution in [0.3, 0.4) is 0 Å². The van der Waals surface area contributed by atoms with Gasteiger partial charge in [-0.3, -0.25) is 4.79 Å². The molecule has 0 bridgehead atoms. The highest BCUT2D eigenvalue weighted by Gasteiger charge is 2.38. The predicted molar refractivity (Wildman–Crippen MR) is 77.0 cm³/mol. The summed E-state index contributed by atoms with van der Waals surface area (Å²) in [6.07, 6.45) is 1.82. The number of likely N-dealkylation sites (N-methyl/N-ethyl adjacent to an activating group) is 1. The molecule has 0 aromatic heterocycles. The zero-order valence-electron chi connectivity index (χ0n) is 11.5. The van der Waals surface area contributed by atoms with Gasteiger partial charge in [0.1, 0.15) is 16.8 Å². The van der Waals surface area contributed by atoms with Crippen molar-refractivity contribution in [3.63, 3.8) is 0 Å². The summed E-state index contributed by atoms with van der Waals surface area (Å²) in [4.78, 5) is 11.4. The Kier molecular flexibility index (Phi) is 4.85. The highest BCUT2D eigenvalue weighted by molar-refractivity contribution is 7.89. The van der Waals surface area contributed by atoms with Crippen LogP contribution in [0.1, 0.15) is 19.3 Å². The molecule has 0 radical (unpaired) electrons. The van der Waals surface area contributed by atoms with Crippen LogP contribution in [0.25, 0.3) is 0 Å². The van der Waals surface area contributed by atoms with Crippen molar-refractivity contribution in [1.82, 2.24) is 9.62 Å². The van der Waals surface area contributed by atoms with Gasteiger partial charge in [-0.2, -0.15) is 4.31 Å². The van der Waals surface area contributed by atoms with Gasteiger partial charge in [-0.15, -0.1) is 0 Å². The highest BCUT2D eigenvalue weighted by Crippen LogP contribution is 2.28. The molecule has 116 valence electrons. The molecule has 1 aromatic carbocycles. The number of rotatable bonds is 3. The van der Waals surface area contributed by atoms with Crippen molar-refractivity contribution in [3.8, 4) is 0 Å². The fourth-order valence-corrected chi connectivity index (χ4v) is 4.29. The topological polar surface area (TPSA) is 66.5 Å². The highest BCUT2D eigenvalue weighted by atomic mass is 35.5. The lowest BCUT2D eigenvalue weighted by atomic mass is 10.0. The molecule has 5 nitrogen and oxygen atoms in total. The first-order valence-electron chi connectivity index (χ1n) is 6.56. The number of hydrogen-bond acceptors (Lipinski definition) is 3. The zero-order chi connectivity index (χ0) is 15.6. The van der Waals surface area contributed by atoms with Gasteiger partial charge in [0.2, 0.25) is 15.9 Å². The van der Waals surface area contributed by atoms with E-state index < -0.39 is 26.8 Å². The largest absolute Gasteiger partial charge is 0.358 e. The van der Waals surface area contributed by atoms with E-state index in [4.69, 9.17) is 11.6 Å². The third-order valence-electron chi connectivity index (χ3n) is 3.48. The van der Waals surface area contributed by atoms with Gasteiger partial charge in [-0.05, 0) is 31.0 Å². The summed E-state index contributed by atoms with van der Waals surface area (Å²) >= 11 is 5.64. The lowest BCUT2D eigenvalue weighted by Gasteiger charge is -2.33. The lowest BCUT2D eigenvalue weighted by Crippen LogP contribution is -2.51. The Balaban J connectivity index is 2.43. The molecule has 0 aliphatic carbocycles. The third kappa shape index (κ3) is 3.20. The van der Waals surface area contributed by atoms with Crippen molar-refractivity contribution in [2.45, 2.75) is 30.2 Å². The Bertz CT molecular complexity index is 651. The van der Waals surface area contributed by atoms with Crippen molar-refractivity contribution < 1.29 is 17.6 Å². The van der Waals surface area contributed by atoms with Gasteiger partial charge in [-0.25, -0.2) is 12.8 Å². The SMILES string of the molecule is CNC(=O)[C@H]1CCCCN1S(=O)(=O)c1ccc(Cl)cc1F. The molecular weight excluding hydrogens is 319 g/mol. The molecule has 1 atom stereocenters. The number of amides is 1. The second kappa shape index (κ2) is 6.29. The molecule has 1 saturated heterocycles. The van der Waals surface area contributed by atoms with Gasteiger partial charge < -0.3 is 5.32 Å². The van der Waals surface area contributed by atoms with Crippen LogP contribution in [0.4, 0.5) is 4.39 Å². The summed E-state index contributed by atoms with van der Waals surface area (Å²) in [6.45, 7) is 0.197. The molecule has 2 rings (SSSR count). The quantitative estimate of drug-likeness (QED) is 0.916. The van der Waals surface area contributed by atoms with Crippen LogP contribution in [0.5, 0.6) is 0 Å². The fraction of sp³-hybridized carbons (Fsp3) is 0.462. The standard InChI is InChI=1S/C13H16ClFN2O3S/c1-16-13(18)11-4-2-3-7-17(11)21(19,20)12-6-5-9(14)8-10(12)15/h5-6,8,11H,2-4,7H2,1H3,(H,16,18)/t11-/m1/s1. The smallest absolute Gasteiger partial charge is 0.246 e. The van der Waals surface area contributed by atoms with E-state index in [2.05, 4.69) is 5.32 Å². The maximum Gasteiger partial charge on any atom is 0.246 e. The average Bonchev–Trinajstić information content (AvgIpc) is 2.46. The number of carbonyl (C=O) groups excluding carboxylic acids is 1. The minimum atomic E-state index is -4.07. The van der Waals surface area contributed by atoms with Crippen LogP contribution in [0, 0.1) is 5.82 Å². The first-order chi connectivity index (χ1) is 9.87. The van der Waals surface area contributed by atoms with E-state index in [1.807, 2.05) is 0 Å². The monoisotopic (exact) mass is 334 g/mol. The van der Waals surface area contributed by atoms with Gasteiger partial charge in [0, 0.05) is 18.6 Å². The number of hydrogen-bond donors (Lipinski definition) is 1. The summed E-state index contributed by atoms with van der Waals surface area (Å²) < 4.78 is 40.2. The summed E-state index contributed by atoms with van der Waals surface area (Å²) in [5, 5.41) is 2.57. The molecule has 1 aliphatic rings. The predicted octanol–water partition coefficient (Wildman–Crippen LogP) is 1.77. The summed E-state index contributed by atoms with van der Waals surface area (Å²) in [6, 6.07) is 2.59. The van der Waals surface area contributed by atoms with E-state index in [0.717, 1.165) is 22.9 Å². The second-order valence-electron chi connectivity index (χ2n) is 4.82. The molecule has 0 spiro atoms. The minimum absolute atomic E-state index is 0.118. The van der Waals surface area contributed by atoms with Gasteiger partial charge in [-0.1, -0.05) is 18.0 Å². The molecule has 1 fully saturated rings. The van der Waals surface area contributed by atoms with Gasteiger partial charge >= 0.3 is 0 Å². The molecule has 1 N–H and O–H groups in total. The van der Waals surface area contributed by atoms with E-state index in [-0.39, 0.29) is 17.5 Å². The number of halogens is 2. The Morgan fingerprint density at radius 3 is 2.76 bits per heavy atom. The number of benzene rings is 1. The number of piperidine rings is 1. The van der Waals surface area contributed by atoms with Crippen LogP contribution in [-0.2, 0) is 14.8 Å².